The number of ether oxygens (including phenoxy) is 2. The highest BCUT2D eigenvalue weighted by Gasteiger charge is 2.55. The molecule has 7 atom stereocenters. The average Bonchev–Trinajstić information content (AvgIpc) is 3.49. The Morgan fingerprint density at radius 2 is 2.00 bits per heavy atom. The largest absolute Gasteiger partial charge is 0.455 e. The number of aromatic nitrogens is 1. The number of Topliss-reactive ketones (excluding diaryl/α,β-unsaturated/α-hetero) is 1. The summed E-state index contributed by atoms with van der Waals surface area (Å²) in [4.78, 5) is 30.9. The van der Waals surface area contributed by atoms with E-state index in [1.54, 1.807) is 30.5 Å². The Bertz CT molecular complexity index is 1040. The van der Waals surface area contributed by atoms with E-state index < -0.39 is 53.5 Å². The minimum atomic E-state index is -1.29. The second-order valence-corrected chi connectivity index (χ2v) is 11.5. The fraction of sp³-hybridized carbons (Fsp3) is 0.633. The van der Waals surface area contributed by atoms with Gasteiger partial charge in [0.2, 0.25) is 0 Å². The first-order chi connectivity index (χ1) is 18.1. The highest BCUT2D eigenvalue weighted by atomic mass is 19.1. The molecule has 2 N–H and O–H groups in total. The van der Waals surface area contributed by atoms with Gasteiger partial charge in [-0.3, -0.25) is 14.6 Å². The van der Waals surface area contributed by atoms with Gasteiger partial charge in [0.15, 0.2) is 6.10 Å². The number of hydrogen-bond acceptors (Lipinski definition) is 7. The SMILES string of the molecule is C=CC[C@H]1C(=O)C2(CCC2)[C@@H](O)CC(=O)O[C@H](C(F)=Cc2ccccn2)CC2OC2(C)CCC[C@H](C)[C@H]1O. The van der Waals surface area contributed by atoms with Gasteiger partial charge in [-0.25, -0.2) is 4.39 Å². The Hall–Kier alpha value is -2.42. The molecule has 7 nitrogen and oxygen atoms in total. The molecule has 0 amide bonds. The van der Waals surface area contributed by atoms with E-state index in [0.29, 0.717) is 31.4 Å². The smallest absolute Gasteiger partial charge is 0.309 e. The Labute approximate surface area is 224 Å². The van der Waals surface area contributed by atoms with Crippen LogP contribution in [0.15, 0.2) is 42.9 Å². The fourth-order valence-electron chi connectivity index (χ4n) is 6.07. The molecule has 3 aliphatic rings. The maximum absolute atomic E-state index is 15.4. The van der Waals surface area contributed by atoms with Crippen molar-refractivity contribution in [2.75, 3.05) is 0 Å². The van der Waals surface area contributed by atoms with Crippen molar-refractivity contribution in [1.82, 2.24) is 4.98 Å². The second-order valence-electron chi connectivity index (χ2n) is 11.5. The van der Waals surface area contributed by atoms with E-state index in [0.717, 1.165) is 12.8 Å². The highest BCUT2D eigenvalue weighted by molar-refractivity contribution is 5.90. The molecular formula is C30H40FNO6. The number of aliphatic hydroxyl groups excluding tert-OH is 2. The van der Waals surface area contributed by atoms with Crippen LogP contribution >= 0.6 is 0 Å². The number of nitrogens with zero attached hydrogens (tertiary/aromatic N) is 1. The number of carbonyl (C=O) groups is 2. The number of pyridine rings is 1. The summed E-state index contributed by atoms with van der Waals surface area (Å²) >= 11 is 0. The summed E-state index contributed by atoms with van der Waals surface area (Å²) in [6.45, 7) is 7.65. The number of esters is 1. The first-order valence-electron chi connectivity index (χ1n) is 13.8. The molecule has 0 aromatic carbocycles. The molecule has 4 rings (SSSR count). The molecule has 2 unspecified atom stereocenters. The first kappa shape index (κ1) is 28.6. The number of allylic oxidation sites excluding steroid dienone is 1. The molecule has 2 aliphatic heterocycles. The summed E-state index contributed by atoms with van der Waals surface area (Å²) in [6.07, 6.45) is 4.48. The van der Waals surface area contributed by atoms with Gasteiger partial charge in [0.1, 0.15) is 11.6 Å². The van der Waals surface area contributed by atoms with Gasteiger partial charge in [0.25, 0.3) is 0 Å². The summed E-state index contributed by atoms with van der Waals surface area (Å²) in [5.41, 5.74) is -1.21. The Kier molecular flexibility index (Phi) is 8.85. The Balaban J connectivity index is 1.61. The molecule has 3 fully saturated rings. The molecule has 1 aliphatic carbocycles. The van der Waals surface area contributed by atoms with Gasteiger partial charge in [-0.05, 0) is 63.2 Å². The predicted octanol–water partition coefficient (Wildman–Crippen LogP) is 4.72. The van der Waals surface area contributed by atoms with Crippen LogP contribution in [0.3, 0.4) is 0 Å². The average molecular weight is 530 g/mol. The molecule has 1 spiro atoms. The van der Waals surface area contributed by atoms with Crippen LogP contribution in [0.2, 0.25) is 0 Å². The van der Waals surface area contributed by atoms with Crippen LogP contribution in [-0.4, -0.2) is 57.0 Å². The number of aliphatic hydroxyl groups is 2. The van der Waals surface area contributed by atoms with E-state index >= 15 is 4.39 Å². The van der Waals surface area contributed by atoms with E-state index in [4.69, 9.17) is 9.47 Å². The van der Waals surface area contributed by atoms with Gasteiger partial charge in [-0.15, -0.1) is 6.58 Å². The van der Waals surface area contributed by atoms with Gasteiger partial charge in [-0.2, -0.15) is 0 Å². The third kappa shape index (κ3) is 6.08. The van der Waals surface area contributed by atoms with Crippen LogP contribution in [0.4, 0.5) is 4.39 Å². The topological polar surface area (TPSA) is 109 Å². The van der Waals surface area contributed by atoms with Gasteiger partial charge in [-0.1, -0.05) is 31.9 Å². The number of carbonyl (C=O) groups excluding carboxylic acids is 2. The lowest BCUT2D eigenvalue weighted by atomic mass is 9.58. The zero-order valence-corrected chi connectivity index (χ0v) is 22.4. The van der Waals surface area contributed by atoms with Crippen molar-refractivity contribution in [3.63, 3.8) is 0 Å². The number of rotatable bonds is 4. The van der Waals surface area contributed by atoms with Crippen molar-refractivity contribution in [2.45, 2.75) is 102 Å². The summed E-state index contributed by atoms with van der Waals surface area (Å²) in [5.74, 6) is -2.53. The third-order valence-electron chi connectivity index (χ3n) is 8.84. The first-order valence-corrected chi connectivity index (χ1v) is 13.8. The molecule has 3 heterocycles. The van der Waals surface area contributed by atoms with Crippen molar-refractivity contribution in [1.29, 1.82) is 0 Å². The summed E-state index contributed by atoms with van der Waals surface area (Å²) in [5, 5.41) is 22.3. The number of hydrogen-bond donors (Lipinski definition) is 2. The zero-order valence-electron chi connectivity index (χ0n) is 22.4. The molecule has 1 aromatic rings. The van der Waals surface area contributed by atoms with Gasteiger partial charge < -0.3 is 19.7 Å². The van der Waals surface area contributed by atoms with Crippen LogP contribution in [-0.2, 0) is 19.1 Å². The lowest BCUT2D eigenvalue weighted by Gasteiger charge is -2.46. The molecule has 1 aromatic heterocycles. The van der Waals surface area contributed by atoms with Gasteiger partial charge in [0, 0.05) is 18.5 Å². The van der Waals surface area contributed by atoms with Crippen LogP contribution in [0, 0.1) is 17.3 Å². The zero-order chi connectivity index (χ0) is 27.5. The number of halogens is 1. The van der Waals surface area contributed by atoms with Crippen molar-refractivity contribution in [3.05, 3.63) is 48.6 Å². The highest BCUT2D eigenvalue weighted by Crippen LogP contribution is 2.49. The van der Waals surface area contributed by atoms with Crippen molar-refractivity contribution in [2.24, 2.45) is 17.3 Å². The minimum absolute atomic E-state index is 0.136. The van der Waals surface area contributed by atoms with Gasteiger partial charge >= 0.3 is 5.97 Å². The lowest BCUT2D eigenvalue weighted by Crippen LogP contribution is -2.53. The van der Waals surface area contributed by atoms with Crippen molar-refractivity contribution >= 4 is 17.8 Å². The summed E-state index contributed by atoms with van der Waals surface area (Å²) in [7, 11) is 0. The molecule has 38 heavy (non-hydrogen) atoms. The predicted molar refractivity (Wildman–Crippen MR) is 140 cm³/mol. The van der Waals surface area contributed by atoms with Crippen LogP contribution in [0.1, 0.15) is 77.3 Å². The maximum Gasteiger partial charge on any atom is 0.309 e. The van der Waals surface area contributed by atoms with E-state index in [1.807, 2.05) is 13.8 Å². The maximum atomic E-state index is 15.4. The third-order valence-corrected chi connectivity index (χ3v) is 8.84. The van der Waals surface area contributed by atoms with Crippen LogP contribution in [0.5, 0.6) is 0 Å². The lowest BCUT2D eigenvalue weighted by molar-refractivity contribution is -0.162. The molecule has 0 radical (unpaired) electrons. The quantitative estimate of drug-likeness (QED) is 0.330. The number of epoxide rings is 1. The molecule has 2 saturated heterocycles. The molecule has 8 heteroatoms. The normalized spacial score (nSPS) is 36.6. The van der Waals surface area contributed by atoms with E-state index in [-0.39, 0.29) is 30.6 Å². The monoisotopic (exact) mass is 529 g/mol. The summed E-state index contributed by atoms with van der Waals surface area (Å²) in [6, 6.07) is 5.12. The molecule has 1 saturated carbocycles. The standard InChI is InChI=1S/C30H40FNO6/c1-4-9-21-27(35)19(2)10-7-12-29(3)25(38-29)17-23(22(31)16-20-11-5-6-15-32-20)37-26(34)18-24(33)30(28(21)36)13-8-14-30/h4-6,11,15-16,19,21,23-25,27,33,35H,1,7-10,12-14,17-18H2,2-3H3/t19-,21+,23-,24-,25?,27+,29?/m0/s1. The summed E-state index contributed by atoms with van der Waals surface area (Å²) < 4.78 is 26.9. The van der Waals surface area contributed by atoms with Crippen LogP contribution in [0.25, 0.3) is 6.08 Å². The van der Waals surface area contributed by atoms with Crippen molar-refractivity contribution in [3.8, 4) is 0 Å². The number of fused-ring (bicyclic) bond motifs is 1. The fourth-order valence-corrected chi connectivity index (χ4v) is 6.07. The molecule has 208 valence electrons. The van der Waals surface area contributed by atoms with Crippen molar-refractivity contribution < 1.29 is 33.7 Å². The molecule has 0 bridgehead atoms. The van der Waals surface area contributed by atoms with Crippen LogP contribution < -0.4 is 0 Å². The van der Waals surface area contributed by atoms with E-state index in [9.17, 15) is 19.8 Å². The number of ketones is 1. The van der Waals surface area contributed by atoms with Gasteiger partial charge in [0.05, 0.1) is 41.4 Å². The van der Waals surface area contributed by atoms with E-state index in [1.165, 1.54) is 6.08 Å². The Morgan fingerprint density at radius 3 is 2.63 bits per heavy atom. The Morgan fingerprint density at radius 1 is 1.24 bits per heavy atom. The minimum Gasteiger partial charge on any atom is -0.455 e. The van der Waals surface area contributed by atoms with E-state index in [2.05, 4.69) is 11.6 Å². The number of cyclic esters (lactones) is 1. The second kappa shape index (κ2) is 11.8. The molecular weight excluding hydrogens is 489 g/mol.